The van der Waals surface area contributed by atoms with Crippen LogP contribution in [0.25, 0.3) is 0 Å². The Bertz CT molecular complexity index is 966. The lowest BCUT2D eigenvalue weighted by molar-refractivity contribution is 0.735. The Morgan fingerprint density at radius 2 is 0.833 bits per heavy atom. The largest absolute Gasteiger partial charge is 0.252 e. The summed E-state index contributed by atoms with van der Waals surface area (Å²) in [6, 6.07) is 17.9. The molecule has 0 unspecified atom stereocenters. The van der Waals surface area contributed by atoms with E-state index in [0.29, 0.717) is 0 Å². The highest BCUT2D eigenvalue weighted by Gasteiger charge is 2.11. The molecule has 0 N–H and O–H groups in total. The lowest BCUT2D eigenvalue weighted by Crippen LogP contribution is -2.14. The first-order valence-electron chi connectivity index (χ1n) is 17.3. The van der Waals surface area contributed by atoms with Gasteiger partial charge in [0.15, 0.2) is 0 Å². The van der Waals surface area contributed by atoms with Crippen LogP contribution in [0.3, 0.4) is 0 Å². The van der Waals surface area contributed by atoms with Crippen molar-refractivity contribution in [1.82, 2.24) is 0 Å². The zero-order chi connectivity index (χ0) is 30.1. The third-order valence-corrected chi connectivity index (χ3v) is 7.68. The first-order chi connectivity index (χ1) is 20.7. The number of hydrogen-bond donors (Lipinski definition) is 0. The van der Waals surface area contributed by atoms with Crippen LogP contribution in [0.1, 0.15) is 142 Å². The number of aliphatic imine (C=N–C) groups is 2. The zero-order valence-corrected chi connectivity index (χ0v) is 27.6. The standard InChI is InChI=1S/C40H60N2/c1-5-9-13-15-17-21-23-35-27-31-37(32-28-35)41-39(25-19-11-7-3)40(26-20-12-8-4)42-38-33-29-36(30-34-38)24-22-18-16-14-10-6-2/h13-16,27-34H,5-12,17-26H2,1-4H3/b15-13+,16-14+,41-39?,42-40?. The molecule has 2 heteroatoms. The van der Waals surface area contributed by atoms with Gasteiger partial charge in [-0.3, -0.25) is 9.98 Å². The summed E-state index contributed by atoms with van der Waals surface area (Å²) >= 11 is 0. The third kappa shape index (κ3) is 16.0. The van der Waals surface area contributed by atoms with Crippen molar-refractivity contribution in [3.8, 4) is 0 Å². The van der Waals surface area contributed by atoms with Crippen molar-refractivity contribution in [3.63, 3.8) is 0 Å². The van der Waals surface area contributed by atoms with Crippen LogP contribution >= 0.6 is 0 Å². The second kappa shape index (κ2) is 23.8. The molecule has 230 valence electrons. The van der Waals surface area contributed by atoms with Crippen molar-refractivity contribution in [2.75, 3.05) is 0 Å². The van der Waals surface area contributed by atoms with Crippen LogP contribution in [0.15, 0.2) is 82.8 Å². The molecule has 0 amide bonds. The van der Waals surface area contributed by atoms with E-state index < -0.39 is 0 Å². The Morgan fingerprint density at radius 3 is 1.19 bits per heavy atom. The van der Waals surface area contributed by atoms with E-state index in [2.05, 4.69) is 101 Å². The Labute approximate surface area is 259 Å². The van der Waals surface area contributed by atoms with Gasteiger partial charge in [-0.2, -0.15) is 0 Å². The molecule has 0 spiro atoms. The van der Waals surface area contributed by atoms with Crippen molar-refractivity contribution in [2.24, 2.45) is 9.98 Å². The molecule has 0 aromatic heterocycles. The van der Waals surface area contributed by atoms with Crippen molar-refractivity contribution in [1.29, 1.82) is 0 Å². The van der Waals surface area contributed by atoms with Crippen LogP contribution in [0.2, 0.25) is 0 Å². The van der Waals surface area contributed by atoms with Crippen molar-refractivity contribution < 1.29 is 0 Å². The van der Waals surface area contributed by atoms with Crippen LogP contribution in [0.5, 0.6) is 0 Å². The van der Waals surface area contributed by atoms with Gasteiger partial charge in [0.05, 0.1) is 22.8 Å². The minimum absolute atomic E-state index is 0.994. The van der Waals surface area contributed by atoms with E-state index in [4.69, 9.17) is 9.98 Å². The predicted octanol–water partition coefficient (Wildman–Crippen LogP) is 13.1. The lowest BCUT2D eigenvalue weighted by Gasteiger charge is -2.12. The monoisotopic (exact) mass is 568 g/mol. The molecular weight excluding hydrogens is 508 g/mol. The number of hydrogen-bond acceptors (Lipinski definition) is 2. The maximum absolute atomic E-state index is 5.23. The Balaban J connectivity index is 2.17. The molecule has 0 aliphatic rings. The molecule has 2 rings (SSSR count). The average molecular weight is 569 g/mol. The van der Waals surface area contributed by atoms with Gasteiger partial charge in [-0.1, -0.05) is 115 Å². The molecule has 0 fully saturated rings. The molecule has 0 atom stereocenters. The highest BCUT2D eigenvalue weighted by atomic mass is 14.8. The fourth-order valence-corrected chi connectivity index (χ4v) is 5.05. The van der Waals surface area contributed by atoms with Crippen molar-refractivity contribution in [3.05, 3.63) is 84.0 Å². The summed E-state index contributed by atoms with van der Waals surface area (Å²) < 4.78 is 0. The molecule has 0 aliphatic carbocycles. The Hall–Kier alpha value is -2.74. The summed E-state index contributed by atoms with van der Waals surface area (Å²) in [5.74, 6) is 0. The van der Waals surface area contributed by atoms with Gasteiger partial charge >= 0.3 is 0 Å². The predicted molar refractivity (Wildman–Crippen MR) is 189 cm³/mol. The minimum Gasteiger partial charge on any atom is -0.252 e. The Kier molecular flexibility index (Phi) is 20.1. The van der Waals surface area contributed by atoms with Crippen LogP contribution < -0.4 is 0 Å². The van der Waals surface area contributed by atoms with Gasteiger partial charge in [0.25, 0.3) is 0 Å². The average Bonchev–Trinajstić information content (AvgIpc) is 3.01. The molecule has 2 aromatic carbocycles. The number of aryl methyl sites for hydroxylation is 2. The highest BCUT2D eigenvalue weighted by molar-refractivity contribution is 6.43. The van der Waals surface area contributed by atoms with Gasteiger partial charge < -0.3 is 0 Å². The summed E-state index contributed by atoms with van der Waals surface area (Å²) in [7, 11) is 0. The fourth-order valence-electron chi connectivity index (χ4n) is 5.05. The van der Waals surface area contributed by atoms with Gasteiger partial charge in [0, 0.05) is 0 Å². The van der Waals surface area contributed by atoms with E-state index in [1.54, 1.807) is 0 Å². The van der Waals surface area contributed by atoms with E-state index in [-0.39, 0.29) is 0 Å². The maximum atomic E-state index is 5.23. The van der Waals surface area contributed by atoms with Crippen LogP contribution in [-0.2, 0) is 12.8 Å². The fraction of sp³-hybridized carbons (Fsp3) is 0.550. The third-order valence-electron chi connectivity index (χ3n) is 7.68. The first kappa shape index (κ1) is 35.5. The number of benzene rings is 2. The first-order valence-corrected chi connectivity index (χ1v) is 17.3. The number of rotatable bonds is 23. The van der Waals surface area contributed by atoms with Gasteiger partial charge in [0.2, 0.25) is 0 Å². The summed E-state index contributed by atoms with van der Waals surface area (Å²) in [5.41, 5.74) is 7.27. The Morgan fingerprint density at radius 1 is 0.452 bits per heavy atom. The van der Waals surface area contributed by atoms with Gasteiger partial charge in [0.1, 0.15) is 0 Å². The molecule has 0 aliphatic heterocycles. The summed E-state index contributed by atoms with van der Waals surface area (Å²) in [5, 5.41) is 0. The zero-order valence-electron chi connectivity index (χ0n) is 27.6. The van der Waals surface area contributed by atoms with Gasteiger partial charge in [-0.15, -0.1) is 0 Å². The lowest BCUT2D eigenvalue weighted by atomic mass is 10.0. The summed E-state index contributed by atoms with van der Waals surface area (Å²) in [6.45, 7) is 9.01. The van der Waals surface area contributed by atoms with Crippen molar-refractivity contribution in [2.45, 2.75) is 143 Å². The van der Waals surface area contributed by atoms with Crippen LogP contribution in [0, 0.1) is 0 Å². The minimum atomic E-state index is 0.994. The molecule has 0 heterocycles. The molecule has 0 radical (unpaired) electrons. The van der Waals surface area contributed by atoms with E-state index >= 15 is 0 Å². The van der Waals surface area contributed by atoms with Crippen LogP contribution in [-0.4, -0.2) is 11.4 Å². The van der Waals surface area contributed by atoms with Gasteiger partial charge in [-0.05, 0) is 112 Å². The second-order valence-corrected chi connectivity index (χ2v) is 11.7. The smallest absolute Gasteiger partial charge is 0.0633 e. The summed E-state index contributed by atoms with van der Waals surface area (Å²) in [4.78, 5) is 10.5. The van der Waals surface area contributed by atoms with E-state index in [9.17, 15) is 0 Å². The summed E-state index contributed by atoms with van der Waals surface area (Å²) in [6.07, 6.45) is 30.4. The van der Waals surface area contributed by atoms with E-state index in [1.807, 2.05) is 0 Å². The maximum Gasteiger partial charge on any atom is 0.0633 e. The molecule has 2 aromatic rings. The van der Waals surface area contributed by atoms with Crippen molar-refractivity contribution >= 4 is 22.8 Å². The molecule has 0 saturated heterocycles. The van der Waals surface area contributed by atoms with Crippen LogP contribution in [0.4, 0.5) is 11.4 Å². The van der Waals surface area contributed by atoms with Gasteiger partial charge in [-0.25, -0.2) is 0 Å². The second-order valence-electron chi connectivity index (χ2n) is 11.7. The molecule has 0 saturated carbocycles. The van der Waals surface area contributed by atoms with E-state index in [0.717, 1.165) is 62.7 Å². The molecular formula is C40H60N2. The quantitative estimate of drug-likeness (QED) is 0.0723. The number of allylic oxidation sites excluding steroid dienone is 4. The van der Waals surface area contributed by atoms with E-state index in [1.165, 1.54) is 86.8 Å². The molecule has 0 bridgehead atoms. The highest BCUT2D eigenvalue weighted by Crippen LogP contribution is 2.21. The number of unbranched alkanes of at least 4 members (excludes halogenated alkanes) is 8. The number of nitrogens with zero attached hydrogens (tertiary/aromatic N) is 2. The normalized spacial score (nSPS) is 12.7. The SMILES string of the molecule is CCC/C=C/CCCc1ccc(N=C(CCCCC)C(CCCCC)=Nc2ccc(CCC/C=C/CCC)cc2)cc1. The topological polar surface area (TPSA) is 24.7 Å². The molecule has 42 heavy (non-hydrogen) atoms. The molecule has 2 nitrogen and oxygen atoms in total.